The van der Waals surface area contributed by atoms with Crippen LogP contribution in [0.3, 0.4) is 0 Å². The summed E-state index contributed by atoms with van der Waals surface area (Å²) in [7, 11) is 0. The zero-order valence-corrected chi connectivity index (χ0v) is 8.90. The second-order valence-electron chi connectivity index (χ2n) is 3.02. The first kappa shape index (κ1) is 11.8. The van der Waals surface area contributed by atoms with E-state index in [0.29, 0.717) is 0 Å². The molecule has 0 aromatic heterocycles. The number of hydrogen-bond donors (Lipinski definition) is 2. The van der Waals surface area contributed by atoms with Gasteiger partial charge < -0.3 is 5.73 Å². The van der Waals surface area contributed by atoms with Crippen molar-refractivity contribution < 1.29 is 0 Å². The van der Waals surface area contributed by atoms with Crippen LogP contribution in [0.25, 0.3) is 0 Å². The Hall–Kier alpha value is -0.210. The lowest BCUT2D eigenvalue weighted by Crippen LogP contribution is -1.97. The molecule has 0 aromatic rings. The summed E-state index contributed by atoms with van der Waals surface area (Å²) in [5.41, 5.74) is 8.17. The Morgan fingerprint density at radius 1 is 1.33 bits per heavy atom. The van der Waals surface area contributed by atoms with Gasteiger partial charge in [0.05, 0.1) is 0 Å². The van der Waals surface area contributed by atoms with E-state index < -0.39 is 0 Å². The summed E-state index contributed by atoms with van der Waals surface area (Å²) in [6.07, 6.45) is 5.50. The van der Waals surface area contributed by atoms with Crippen molar-refractivity contribution in [1.82, 2.24) is 0 Å². The van der Waals surface area contributed by atoms with Crippen LogP contribution in [0.5, 0.6) is 0 Å². The molecule has 0 radical (unpaired) electrons. The van der Waals surface area contributed by atoms with Crippen LogP contribution in [-0.2, 0) is 0 Å². The maximum absolute atomic E-state index is 5.41. The van der Waals surface area contributed by atoms with E-state index in [4.69, 9.17) is 5.73 Å². The molecule has 1 nitrogen and oxygen atoms in total. The Balaban J connectivity index is 3.82. The number of thiol groups is 1. The van der Waals surface area contributed by atoms with Gasteiger partial charge in [0.15, 0.2) is 0 Å². The van der Waals surface area contributed by atoms with Gasteiger partial charge in [-0.2, -0.15) is 12.6 Å². The lowest BCUT2D eigenvalue weighted by Gasteiger charge is -2.02. The number of unbranched alkanes of at least 4 members (excludes halogenated alkanes) is 1. The lowest BCUT2D eigenvalue weighted by molar-refractivity contribution is 0.737. The van der Waals surface area contributed by atoms with Crippen molar-refractivity contribution in [2.45, 2.75) is 33.1 Å². The van der Waals surface area contributed by atoms with Crippen LogP contribution < -0.4 is 5.73 Å². The molecule has 0 heterocycles. The van der Waals surface area contributed by atoms with E-state index in [0.717, 1.165) is 19.4 Å². The maximum Gasteiger partial charge on any atom is -0.00772 e. The molecule has 0 fully saturated rings. The van der Waals surface area contributed by atoms with Gasteiger partial charge in [0.1, 0.15) is 0 Å². The van der Waals surface area contributed by atoms with Gasteiger partial charge in [-0.3, -0.25) is 0 Å². The lowest BCUT2D eigenvalue weighted by atomic mass is 10.1. The van der Waals surface area contributed by atoms with Gasteiger partial charge in [0.2, 0.25) is 0 Å². The summed E-state index contributed by atoms with van der Waals surface area (Å²) in [4.78, 5) is 0. The third kappa shape index (κ3) is 5.44. The standard InChI is InChI=1S/C10H19NS/c1-9(5-3-4-7-11)10(2)6-8-12/h6,8,12H,3-5,7,11H2,1-2H3/b8-6-,10-9+. The highest BCUT2D eigenvalue weighted by molar-refractivity contribution is 7.83. The van der Waals surface area contributed by atoms with Crippen LogP contribution in [0, 0.1) is 0 Å². The van der Waals surface area contributed by atoms with E-state index in [1.807, 2.05) is 6.08 Å². The summed E-state index contributed by atoms with van der Waals surface area (Å²) in [5.74, 6) is 0. The SMILES string of the molecule is CC(/C=C\S)=C(/C)CCCCN. The summed E-state index contributed by atoms with van der Waals surface area (Å²) >= 11 is 4.03. The first-order valence-electron chi connectivity index (χ1n) is 4.39. The zero-order valence-electron chi connectivity index (χ0n) is 8.01. The third-order valence-corrected chi connectivity index (χ3v) is 2.15. The fraction of sp³-hybridized carbons (Fsp3) is 0.600. The highest BCUT2D eigenvalue weighted by atomic mass is 32.1. The van der Waals surface area contributed by atoms with Crippen LogP contribution >= 0.6 is 12.6 Å². The van der Waals surface area contributed by atoms with E-state index in [2.05, 4.69) is 26.5 Å². The van der Waals surface area contributed by atoms with E-state index >= 15 is 0 Å². The van der Waals surface area contributed by atoms with Crippen molar-refractivity contribution in [2.24, 2.45) is 5.73 Å². The van der Waals surface area contributed by atoms with Gasteiger partial charge in [-0.05, 0) is 45.1 Å². The Labute approximate surface area is 81.1 Å². The van der Waals surface area contributed by atoms with Crippen molar-refractivity contribution in [3.8, 4) is 0 Å². The van der Waals surface area contributed by atoms with Crippen LogP contribution in [0.4, 0.5) is 0 Å². The second-order valence-corrected chi connectivity index (χ2v) is 3.32. The number of rotatable bonds is 5. The van der Waals surface area contributed by atoms with E-state index in [-0.39, 0.29) is 0 Å². The Morgan fingerprint density at radius 3 is 2.50 bits per heavy atom. The molecule has 0 rings (SSSR count). The largest absolute Gasteiger partial charge is 0.330 e. The smallest absolute Gasteiger partial charge is 0.00772 e. The van der Waals surface area contributed by atoms with Gasteiger partial charge in [0.25, 0.3) is 0 Å². The predicted molar refractivity (Wildman–Crippen MR) is 59.4 cm³/mol. The number of hydrogen-bond acceptors (Lipinski definition) is 2. The van der Waals surface area contributed by atoms with Gasteiger partial charge >= 0.3 is 0 Å². The highest BCUT2D eigenvalue weighted by Gasteiger charge is 1.93. The quantitative estimate of drug-likeness (QED) is 0.384. The van der Waals surface area contributed by atoms with Crippen LogP contribution in [0.15, 0.2) is 22.6 Å². The van der Waals surface area contributed by atoms with Crippen LogP contribution in [0.1, 0.15) is 33.1 Å². The minimum Gasteiger partial charge on any atom is -0.330 e. The summed E-state index contributed by atoms with van der Waals surface area (Å²) in [6, 6.07) is 0. The summed E-state index contributed by atoms with van der Waals surface area (Å²) in [5, 5.41) is 1.78. The Kier molecular flexibility index (Phi) is 7.31. The van der Waals surface area contributed by atoms with E-state index in [1.54, 1.807) is 5.41 Å². The summed E-state index contributed by atoms with van der Waals surface area (Å²) in [6.45, 7) is 5.08. The number of nitrogens with two attached hydrogens (primary N) is 1. The minimum absolute atomic E-state index is 0.800. The highest BCUT2D eigenvalue weighted by Crippen LogP contribution is 2.12. The average molecular weight is 185 g/mol. The maximum atomic E-state index is 5.41. The molecule has 0 atom stereocenters. The first-order chi connectivity index (χ1) is 5.72. The topological polar surface area (TPSA) is 26.0 Å². The monoisotopic (exact) mass is 185 g/mol. The van der Waals surface area contributed by atoms with Gasteiger partial charge in [-0.15, -0.1) is 0 Å². The average Bonchev–Trinajstić information content (AvgIpc) is 2.05. The van der Waals surface area contributed by atoms with E-state index in [1.165, 1.54) is 17.6 Å². The van der Waals surface area contributed by atoms with Crippen molar-refractivity contribution >= 4 is 12.6 Å². The molecule has 0 amide bonds. The summed E-state index contributed by atoms with van der Waals surface area (Å²) < 4.78 is 0. The van der Waals surface area contributed by atoms with Gasteiger partial charge in [0, 0.05) is 0 Å². The molecule has 2 heteroatoms. The molecule has 0 aromatic carbocycles. The van der Waals surface area contributed by atoms with Crippen LogP contribution in [0.2, 0.25) is 0 Å². The molecule has 0 unspecified atom stereocenters. The number of allylic oxidation sites excluding steroid dienone is 3. The Bertz CT molecular complexity index is 171. The van der Waals surface area contributed by atoms with Crippen LogP contribution in [-0.4, -0.2) is 6.54 Å². The molecule has 0 bridgehead atoms. The molecule has 0 saturated carbocycles. The van der Waals surface area contributed by atoms with Crippen molar-refractivity contribution in [3.05, 3.63) is 22.6 Å². The molecule has 12 heavy (non-hydrogen) atoms. The fourth-order valence-electron chi connectivity index (χ4n) is 0.986. The fourth-order valence-corrected chi connectivity index (χ4v) is 1.21. The van der Waals surface area contributed by atoms with Gasteiger partial charge in [-0.1, -0.05) is 17.2 Å². The van der Waals surface area contributed by atoms with Gasteiger partial charge in [-0.25, -0.2) is 0 Å². The predicted octanol–water partition coefficient (Wildman–Crippen LogP) is 2.90. The third-order valence-electron chi connectivity index (χ3n) is 2.00. The molecule has 70 valence electrons. The normalized spacial score (nSPS) is 13.7. The molecular formula is C10H19NS. The van der Waals surface area contributed by atoms with Crippen molar-refractivity contribution in [3.63, 3.8) is 0 Å². The van der Waals surface area contributed by atoms with Crippen molar-refractivity contribution in [2.75, 3.05) is 6.54 Å². The van der Waals surface area contributed by atoms with Crippen molar-refractivity contribution in [1.29, 1.82) is 0 Å². The molecule has 0 aliphatic carbocycles. The zero-order chi connectivity index (χ0) is 9.40. The second kappa shape index (κ2) is 7.44. The van der Waals surface area contributed by atoms with E-state index in [9.17, 15) is 0 Å². The molecule has 0 spiro atoms. The molecule has 0 aliphatic heterocycles. The molecule has 0 aliphatic rings. The Morgan fingerprint density at radius 2 is 2.00 bits per heavy atom. The molecule has 0 saturated heterocycles. The molecular weight excluding hydrogens is 166 g/mol. The first-order valence-corrected chi connectivity index (χ1v) is 4.91. The minimum atomic E-state index is 0.800. The molecule has 2 N–H and O–H groups in total.